The fourth-order valence-electron chi connectivity index (χ4n) is 5.65. The number of rotatable bonds is 2. The Hall–Kier alpha value is -2.84. The average Bonchev–Trinajstić information content (AvgIpc) is 2.78. The van der Waals surface area contributed by atoms with Gasteiger partial charge in [-0.15, -0.1) is 0 Å². The van der Waals surface area contributed by atoms with Gasteiger partial charge in [-0.25, -0.2) is 4.57 Å². The molecular weight excluding hydrogens is 406 g/mol. The van der Waals surface area contributed by atoms with E-state index in [1.807, 2.05) is 11.8 Å². The van der Waals surface area contributed by atoms with Gasteiger partial charge in [0, 0.05) is 21.2 Å². The Kier molecular flexibility index (Phi) is 4.39. The van der Waals surface area contributed by atoms with Crippen LogP contribution in [0.4, 0.5) is 0 Å². The van der Waals surface area contributed by atoms with Crippen LogP contribution >= 0.6 is 11.8 Å². The van der Waals surface area contributed by atoms with Crippen molar-refractivity contribution in [2.75, 3.05) is 0 Å². The third-order valence-corrected chi connectivity index (χ3v) is 8.32. The van der Waals surface area contributed by atoms with Gasteiger partial charge >= 0.3 is 0 Å². The largest absolute Gasteiger partial charge is 0.222 e. The van der Waals surface area contributed by atoms with Gasteiger partial charge < -0.3 is 0 Å². The van der Waals surface area contributed by atoms with Gasteiger partial charge in [-0.3, -0.25) is 0 Å². The Morgan fingerprint density at radius 2 is 1.59 bits per heavy atom. The minimum absolute atomic E-state index is 0.633. The summed E-state index contributed by atoms with van der Waals surface area (Å²) in [6, 6.07) is 20.5. The van der Waals surface area contributed by atoms with Crippen LogP contribution in [0.25, 0.3) is 43.6 Å². The Balaban J connectivity index is 1.81. The lowest BCUT2D eigenvalue weighted by atomic mass is 9.89. The molecule has 1 aromatic heterocycles. The molecule has 0 bridgehead atoms. The molecule has 0 N–H and O–H groups in total. The van der Waals surface area contributed by atoms with Crippen molar-refractivity contribution < 1.29 is 4.57 Å². The smallest absolute Gasteiger partial charge is 0.200 e. The second-order valence-electron chi connectivity index (χ2n) is 9.65. The van der Waals surface area contributed by atoms with Crippen molar-refractivity contribution in [1.82, 2.24) is 0 Å². The molecule has 0 atom stereocenters. The molecular formula is C30H28NS+. The summed E-state index contributed by atoms with van der Waals surface area (Å²) in [5, 5.41) is 8.33. The second-order valence-corrected chi connectivity index (χ2v) is 10.7. The van der Waals surface area contributed by atoms with Crippen molar-refractivity contribution in [2.45, 2.75) is 43.9 Å². The molecule has 1 aliphatic heterocycles. The van der Waals surface area contributed by atoms with Crippen LogP contribution in [0.5, 0.6) is 0 Å². The molecule has 2 heterocycles. The molecule has 5 aromatic rings. The SMILES string of the molecule is Cc1c2c(c(C)c3ccccc13)-c1c3c(cc4cccc(CC(C)C)c4c3cc[n+]1C)S2. The second kappa shape index (κ2) is 7.08. The van der Waals surface area contributed by atoms with Crippen molar-refractivity contribution in [3.05, 3.63) is 77.5 Å². The molecule has 0 fully saturated rings. The van der Waals surface area contributed by atoms with Gasteiger partial charge in [-0.2, -0.15) is 0 Å². The molecule has 2 heteroatoms. The van der Waals surface area contributed by atoms with Crippen molar-refractivity contribution in [1.29, 1.82) is 0 Å². The summed E-state index contributed by atoms with van der Waals surface area (Å²) in [6.45, 7) is 9.22. The first-order chi connectivity index (χ1) is 15.5. The molecule has 0 spiro atoms. The van der Waals surface area contributed by atoms with Crippen molar-refractivity contribution in [3.63, 3.8) is 0 Å². The Labute approximate surface area is 194 Å². The molecule has 1 nitrogen and oxygen atoms in total. The van der Waals surface area contributed by atoms with Gasteiger partial charge in [-0.1, -0.05) is 68.1 Å². The minimum atomic E-state index is 0.633. The summed E-state index contributed by atoms with van der Waals surface area (Å²) in [4.78, 5) is 2.79. The lowest BCUT2D eigenvalue weighted by Crippen LogP contribution is -2.32. The Morgan fingerprint density at radius 3 is 2.34 bits per heavy atom. The van der Waals surface area contributed by atoms with Crippen LogP contribution in [0.1, 0.15) is 30.5 Å². The molecule has 32 heavy (non-hydrogen) atoms. The molecule has 158 valence electrons. The number of benzene rings is 4. The summed E-state index contributed by atoms with van der Waals surface area (Å²) in [7, 11) is 2.20. The zero-order valence-electron chi connectivity index (χ0n) is 19.4. The predicted molar refractivity (Wildman–Crippen MR) is 138 cm³/mol. The van der Waals surface area contributed by atoms with Crippen molar-refractivity contribution >= 4 is 44.1 Å². The van der Waals surface area contributed by atoms with E-state index in [1.165, 1.54) is 70.1 Å². The third kappa shape index (κ3) is 2.69. The van der Waals surface area contributed by atoms with Crippen LogP contribution in [-0.2, 0) is 13.5 Å². The fraction of sp³-hybridized carbons (Fsp3) is 0.233. The van der Waals surface area contributed by atoms with Gasteiger partial charge in [0.2, 0.25) is 5.69 Å². The van der Waals surface area contributed by atoms with Crippen LogP contribution in [0.2, 0.25) is 0 Å². The average molecular weight is 435 g/mol. The molecule has 4 aromatic carbocycles. The number of aryl methyl sites for hydroxylation is 3. The van der Waals surface area contributed by atoms with E-state index in [-0.39, 0.29) is 0 Å². The standard InChI is InChI=1S/C30H28NS/c1-17(2)15-20-9-8-10-21-16-25-28-24(27(20)21)13-14-31(5)29(28)26-18(3)22-11-6-7-12-23(22)19(4)30(26)32-25/h6-14,16-17H,15H2,1-5H3/q+1. The first-order valence-corrected chi connectivity index (χ1v) is 12.3. The third-order valence-electron chi connectivity index (χ3n) is 7.06. The zero-order valence-corrected chi connectivity index (χ0v) is 20.2. The number of hydrogen-bond acceptors (Lipinski definition) is 1. The molecule has 0 saturated carbocycles. The quantitative estimate of drug-likeness (QED) is 0.198. The normalized spacial score (nSPS) is 12.8. The number of fused-ring (bicyclic) bond motifs is 5. The highest BCUT2D eigenvalue weighted by Gasteiger charge is 2.31. The molecule has 0 aliphatic carbocycles. The number of hydrogen-bond donors (Lipinski definition) is 0. The highest BCUT2D eigenvalue weighted by atomic mass is 32.2. The van der Waals surface area contributed by atoms with Gasteiger partial charge in [-0.05, 0) is 70.5 Å². The fourth-order valence-corrected chi connectivity index (χ4v) is 6.98. The van der Waals surface area contributed by atoms with E-state index < -0.39 is 0 Å². The first kappa shape index (κ1) is 19.8. The van der Waals surface area contributed by atoms with Gasteiger partial charge in [0.05, 0.1) is 10.9 Å². The lowest BCUT2D eigenvalue weighted by Gasteiger charge is -2.24. The van der Waals surface area contributed by atoms with E-state index in [2.05, 4.69) is 100 Å². The Bertz CT molecular complexity index is 1580. The molecule has 1 aliphatic rings. The van der Waals surface area contributed by atoms with E-state index in [0.717, 1.165) is 6.42 Å². The summed E-state index contributed by atoms with van der Waals surface area (Å²) < 4.78 is 2.34. The van der Waals surface area contributed by atoms with Gasteiger partial charge in [0.1, 0.15) is 7.05 Å². The minimum Gasteiger partial charge on any atom is -0.200 e. The molecule has 0 unspecified atom stereocenters. The van der Waals surface area contributed by atoms with Gasteiger partial charge in [0.25, 0.3) is 0 Å². The van der Waals surface area contributed by atoms with Crippen LogP contribution in [0.15, 0.2) is 70.6 Å². The maximum Gasteiger partial charge on any atom is 0.222 e. The van der Waals surface area contributed by atoms with Crippen LogP contribution in [0.3, 0.4) is 0 Å². The summed E-state index contributed by atoms with van der Waals surface area (Å²) >= 11 is 1.96. The topological polar surface area (TPSA) is 3.88 Å². The maximum atomic E-state index is 2.43. The van der Waals surface area contributed by atoms with E-state index in [4.69, 9.17) is 0 Å². The first-order valence-electron chi connectivity index (χ1n) is 11.5. The summed E-state index contributed by atoms with van der Waals surface area (Å²) in [5.74, 6) is 0.633. The summed E-state index contributed by atoms with van der Waals surface area (Å²) in [5.41, 5.74) is 7.01. The highest BCUT2D eigenvalue weighted by Crippen LogP contribution is 2.52. The molecule has 0 saturated heterocycles. The van der Waals surface area contributed by atoms with E-state index in [0.29, 0.717) is 5.92 Å². The molecule has 6 rings (SSSR count). The number of pyridine rings is 1. The van der Waals surface area contributed by atoms with Crippen molar-refractivity contribution in [3.8, 4) is 11.3 Å². The zero-order chi connectivity index (χ0) is 22.1. The van der Waals surface area contributed by atoms with Crippen LogP contribution < -0.4 is 4.57 Å². The summed E-state index contributed by atoms with van der Waals surface area (Å²) in [6.07, 6.45) is 3.37. The Morgan fingerprint density at radius 1 is 0.844 bits per heavy atom. The van der Waals surface area contributed by atoms with E-state index in [1.54, 1.807) is 0 Å². The van der Waals surface area contributed by atoms with Crippen molar-refractivity contribution in [2.24, 2.45) is 13.0 Å². The predicted octanol–water partition coefficient (Wildman–Crippen LogP) is 7.92. The van der Waals surface area contributed by atoms with E-state index in [9.17, 15) is 0 Å². The number of aromatic nitrogens is 1. The van der Waals surface area contributed by atoms with Crippen LogP contribution in [0, 0.1) is 19.8 Å². The maximum absolute atomic E-state index is 2.43. The molecule has 0 amide bonds. The van der Waals surface area contributed by atoms with Crippen LogP contribution in [-0.4, -0.2) is 0 Å². The van der Waals surface area contributed by atoms with E-state index >= 15 is 0 Å². The monoisotopic (exact) mass is 434 g/mol. The number of nitrogens with zero attached hydrogens (tertiary/aromatic N) is 1. The van der Waals surface area contributed by atoms with Gasteiger partial charge in [0.15, 0.2) is 6.20 Å². The lowest BCUT2D eigenvalue weighted by molar-refractivity contribution is -0.659. The molecule has 0 radical (unpaired) electrons. The highest BCUT2D eigenvalue weighted by molar-refractivity contribution is 8.00.